The average molecular weight is 301 g/mol. The highest BCUT2D eigenvalue weighted by Crippen LogP contribution is 2.15. The number of rotatable bonds is 7. The van der Waals surface area contributed by atoms with Crippen LogP contribution in [0, 0.1) is 5.92 Å². The summed E-state index contributed by atoms with van der Waals surface area (Å²) < 4.78 is 2.24. The molecule has 0 aliphatic carbocycles. The summed E-state index contributed by atoms with van der Waals surface area (Å²) in [5, 5.41) is 4.29. The molecule has 0 saturated carbocycles. The van der Waals surface area contributed by atoms with Crippen LogP contribution in [0.2, 0.25) is 0 Å². The minimum Gasteiger partial charge on any atom is -0.347 e. The third-order valence-electron chi connectivity index (χ3n) is 3.79. The molecule has 0 aliphatic rings. The highest BCUT2D eigenvalue weighted by molar-refractivity contribution is 5.79. The smallest absolute Gasteiger partial charge is 0.317 e. The minimum absolute atomic E-state index is 0.0496. The number of nitrogens with one attached hydrogen (secondary N) is 1. The minimum atomic E-state index is 0.0496. The SMILES string of the molecule is CCN(CC(C)C)C(=O)NCCCn1ccc2ccccc21. The van der Waals surface area contributed by atoms with Crippen molar-refractivity contribution in [1.82, 2.24) is 14.8 Å². The van der Waals surface area contributed by atoms with Crippen molar-refractivity contribution in [2.75, 3.05) is 19.6 Å². The zero-order valence-electron chi connectivity index (χ0n) is 13.9. The summed E-state index contributed by atoms with van der Waals surface area (Å²) in [6.45, 7) is 9.48. The van der Waals surface area contributed by atoms with Gasteiger partial charge in [-0.1, -0.05) is 32.0 Å². The number of carbonyl (C=O) groups is 1. The number of urea groups is 1. The lowest BCUT2D eigenvalue weighted by Crippen LogP contribution is -2.42. The predicted octanol–water partition coefficient (Wildman–Crippen LogP) is 3.72. The Bertz CT molecular complexity index is 603. The second-order valence-electron chi connectivity index (χ2n) is 6.09. The maximum atomic E-state index is 12.1. The van der Waals surface area contributed by atoms with Crippen LogP contribution in [-0.4, -0.2) is 35.1 Å². The van der Waals surface area contributed by atoms with Crippen molar-refractivity contribution >= 4 is 16.9 Å². The Morgan fingerprint density at radius 1 is 1.27 bits per heavy atom. The molecule has 0 aliphatic heterocycles. The molecular weight excluding hydrogens is 274 g/mol. The van der Waals surface area contributed by atoms with E-state index < -0.39 is 0 Å². The molecule has 2 aromatic rings. The van der Waals surface area contributed by atoms with Crippen molar-refractivity contribution < 1.29 is 4.79 Å². The molecule has 0 spiro atoms. The second kappa shape index (κ2) is 7.87. The van der Waals surface area contributed by atoms with E-state index >= 15 is 0 Å². The molecule has 0 bridgehead atoms. The van der Waals surface area contributed by atoms with Gasteiger partial charge >= 0.3 is 6.03 Å². The second-order valence-corrected chi connectivity index (χ2v) is 6.09. The van der Waals surface area contributed by atoms with E-state index in [-0.39, 0.29) is 6.03 Å². The molecule has 120 valence electrons. The molecule has 0 fully saturated rings. The molecular formula is C18H27N3O. The zero-order chi connectivity index (χ0) is 15.9. The number of aryl methyl sites for hydroxylation is 1. The van der Waals surface area contributed by atoms with E-state index in [1.807, 2.05) is 11.8 Å². The van der Waals surface area contributed by atoms with Crippen LogP contribution >= 0.6 is 0 Å². The lowest BCUT2D eigenvalue weighted by molar-refractivity contribution is 0.194. The van der Waals surface area contributed by atoms with Gasteiger partial charge in [-0.3, -0.25) is 0 Å². The Labute approximate surface area is 133 Å². The maximum absolute atomic E-state index is 12.1. The van der Waals surface area contributed by atoms with Crippen LogP contribution in [0.3, 0.4) is 0 Å². The maximum Gasteiger partial charge on any atom is 0.317 e. The van der Waals surface area contributed by atoms with Crippen molar-refractivity contribution in [1.29, 1.82) is 0 Å². The number of para-hydroxylation sites is 1. The highest BCUT2D eigenvalue weighted by Gasteiger charge is 2.11. The van der Waals surface area contributed by atoms with Gasteiger partial charge in [0.25, 0.3) is 0 Å². The number of hydrogen-bond donors (Lipinski definition) is 1. The molecule has 0 atom stereocenters. The Morgan fingerprint density at radius 3 is 2.77 bits per heavy atom. The molecule has 0 saturated heterocycles. The summed E-state index contributed by atoms with van der Waals surface area (Å²) in [6, 6.07) is 10.6. The molecule has 4 nitrogen and oxygen atoms in total. The van der Waals surface area contributed by atoms with Crippen LogP contribution in [0.1, 0.15) is 27.2 Å². The van der Waals surface area contributed by atoms with Crippen LogP contribution < -0.4 is 5.32 Å². The van der Waals surface area contributed by atoms with Gasteiger partial charge in [0.1, 0.15) is 0 Å². The monoisotopic (exact) mass is 301 g/mol. The van der Waals surface area contributed by atoms with E-state index in [2.05, 4.69) is 60.3 Å². The molecule has 22 heavy (non-hydrogen) atoms. The molecule has 2 rings (SSSR count). The van der Waals surface area contributed by atoms with Gasteiger partial charge in [-0.25, -0.2) is 4.79 Å². The van der Waals surface area contributed by atoms with Crippen molar-refractivity contribution in [3.05, 3.63) is 36.5 Å². The summed E-state index contributed by atoms with van der Waals surface area (Å²) in [4.78, 5) is 14.0. The molecule has 1 N–H and O–H groups in total. The lowest BCUT2D eigenvalue weighted by atomic mass is 10.2. The summed E-state index contributed by atoms with van der Waals surface area (Å²) in [6.07, 6.45) is 3.05. The molecule has 4 heteroatoms. The largest absolute Gasteiger partial charge is 0.347 e. The number of hydrogen-bond acceptors (Lipinski definition) is 1. The Kier molecular flexibility index (Phi) is 5.87. The van der Waals surface area contributed by atoms with E-state index in [4.69, 9.17) is 0 Å². The zero-order valence-corrected chi connectivity index (χ0v) is 13.9. The number of benzene rings is 1. The van der Waals surface area contributed by atoms with Gasteiger partial charge in [0.05, 0.1) is 0 Å². The predicted molar refractivity (Wildman–Crippen MR) is 92.0 cm³/mol. The Hall–Kier alpha value is -1.97. The lowest BCUT2D eigenvalue weighted by Gasteiger charge is -2.23. The number of nitrogens with zero attached hydrogens (tertiary/aromatic N) is 2. The fourth-order valence-corrected chi connectivity index (χ4v) is 2.69. The number of amides is 2. The van der Waals surface area contributed by atoms with Crippen molar-refractivity contribution in [2.24, 2.45) is 5.92 Å². The fourth-order valence-electron chi connectivity index (χ4n) is 2.69. The van der Waals surface area contributed by atoms with Gasteiger partial charge in [0.2, 0.25) is 0 Å². The number of fused-ring (bicyclic) bond motifs is 1. The average Bonchev–Trinajstić information content (AvgIpc) is 2.92. The van der Waals surface area contributed by atoms with Gasteiger partial charge in [-0.05, 0) is 36.8 Å². The van der Waals surface area contributed by atoms with Gasteiger partial charge < -0.3 is 14.8 Å². The fraction of sp³-hybridized carbons (Fsp3) is 0.500. The first-order valence-corrected chi connectivity index (χ1v) is 8.18. The summed E-state index contributed by atoms with van der Waals surface area (Å²) in [5.74, 6) is 0.497. The summed E-state index contributed by atoms with van der Waals surface area (Å²) in [5.41, 5.74) is 1.25. The first-order valence-electron chi connectivity index (χ1n) is 8.18. The van der Waals surface area contributed by atoms with Crippen LogP contribution in [0.5, 0.6) is 0 Å². The van der Waals surface area contributed by atoms with E-state index in [1.165, 1.54) is 10.9 Å². The molecule has 1 aromatic heterocycles. The molecule has 0 radical (unpaired) electrons. The van der Waals surface area contributed by atoms with Gasteiger partial charge in [-0.15, -0.1) is 0 Å². The third-order valence-corrected chi connectivity index (χ3v) is 3.79. The van der Waals surface area contributed by atoms with Crippen molar-refractivity contribution in [2.45, 2.75) is 33.7 Å². The van der Waals surface area contributed by atoms with E-state index in [0.717, 1.165) is 26.1 Å². The summed E-state index contributed by atoms with van der Waals surface area (Å²) in [7, 11) is 0. The van der Waals surface area contributed by atoms with Gasteiger partial charge in [0.15, 0.2) is 0 Å². The standard InChI is InChI=1S/C18H27N3O/c1-4-20(14-15(2)3)18(22)19-11-7-12-21-13-10-16-8-5-6-9-17(16)21/h5-6,8-10,13,15H,4,7,11-12,14H2,1-3H3,(H,19,22). The molecule has 2 amide bonds. The first-order chi connectivity index (χ1) is 10.6. The van der Waals surface area contributed by atoms with Crippen LogP contribution in [0.15, 0.2) is 36.5 Å². The van der Waals surface area contributed by atoms with Gasteiger partial charge in [-0.2, -0.15) is 0 Å². The number of aromatic nitrogens is 1. The summed E-state index contributed by atoms with van der Waals surface area (Å²) >= 11 is 0. The van der Waals surface area contributed by atoms with Crippen molar-refractivity contribution in [3.8, 4) is 0 Å². The van der Waals surface area contributed by atoms with Crippen LogP contribution in [0.4, 0.5) is 4.79 Å². The number of carbonyl (C=O) groups excluding carboxylic acids is 1. The van der Waals surface area contributed by atoms with Crippen LogP contribution in [0.25, 0.3) is 10.9 Å². The first kappa shape index (κ1) is 16.4. The van der Waals surface area contributed by atoms with E-state index in [9.17, 15) is 4.79 Å². The van der Waals surface area contributed by atoms with Crippen LogP contribution in [-0.2, 0) is 6.54 Å². The molecule has 1 aromatic carbocycles. The van der Waals surface area contributed by atoms with E-state index in [1.54, 1.807) is 0 Å². The Balaban J connectivity index is 1.78. The normalized spacial score (nSPS) is 11.1. The Morgan fingerprint density at radius 2 is 2.05 bits per heavy atom. The highest BCUT2D eigenvalue weighted by atomic mass is 16.2. The molecule has 0 unspecified atom stereocenters. The van der Waals surface area contributed by atoms with Crippen molar-refractivity contribution in [3.63, 3.8) is 0 Å². The third kappa shape index (κ3) is 4.26. The van der Waals surface area contributed by atoms with E-state index in [0.29, 0.717) is 12.5 Å². The molecule has 1 heterocycles. The topological polar surface area (TPSA) is 37.3 Å². The van der Waals surface area contributed by atoms with Gasteiger partial charge in [0, 0.05) is 37.9 Å². The quantitative estimate of drug-likeness (QED) is 0.778.